The zero-order valence-corrected chi connectivity index (χ0v) is 12.2. The highest BCUT2D eigenvalue weighted by molar-refractivity contribution is 7.89. The lowest BCUT2D eigenvalue weighted by atomic mass is 9.85. The lowest BCUT2D eigenvalue weighted by molar-refractivity contribution is -0.143. The Labute approximate surface area is 119 Å². The second-order valence-electron chi connectivity index (χ2n) is 5.27. The van der Waals surface area contributed by atoms with Crippen LogP contribution in [0, 0.1) is 12.8 Å². The SMILES string of the molecule is Cc1ccc(S(=O)(=O)N[C@@H]2CCCC[C@H]2C(=O)O)cc1. The molecule has 1 aliphatic rings. The maximum Gasteiger partial charge on any atom is 0.308 e. The zero-order chi connectivity index (χ0) is 14.8. The number of carboxylic acids is 1. The highest BCUT2D eigenvalue weighted by Crippen LogP contribution is 2.26. The first kappa shape index (κ1) is 15.0. The maximum atomic E-state index is 12.3. The Kier molecular flexibility index (Phi) is 4.45. The van der Waals surface area contributed by atoms with Crippen LogP contribution in [0.15, 0.2) is 29.2 Å². The van der Waals surface area contributed by atoms with Crippen LogP contribution in [-0.2, 0) is 14.8 Å². The summed E-state index contributed by atoms with van der Waals surface area (Å²) in [7, 11) is -3.66. The highest BCUT2D eigenvalue weighted by Gasteiger charge is 2.33. The summed E-state index contributed by atoms with van der Waals surface area (Å²) in [6.07, 6.45) is 2.78. The third-order valence-corrected chi connectivity index (χ3v) is 5.23. The van der Waals surface area contributed by atoms with Crippen LogP contribution in [0.3, 0.4) is 0 Å². The second kappa shape index (κ2) is 5.93. The van der Waals surface area contributed by atoms with Crippen molar-refractivity contribution in [2.45, 2.75) is 43.5 Å². The van der Waals surface area contributed by atoms with Gasteiger partial charge in [0.15, 0.2) is 0 Å². The number of sulfonamides is 1. The van der Waals surface area contributed by atoms with Crippen LogP contribution >= 0.6 is 0 Å². The fraction of sp³-hybridized carbons (Fsp3) is 0.500. The molecule has 110 valence electrons. The number of rotatable bonds is 4. The van der Waals surface area contributed by atoms with Gasteiger partial charge in [-0.05, 0) is 31.9 Å². The Bertz CT molecular complexity index is 580. The van der Waals surface area contributed by atoms with E-state index in [9.17, 15) is 18.3 Å². The van der Waals surface area contributed by atoms with Crippen LogP contribution in [-0.4, -0.2) is 25.5 Å². The largest absolute Gasteiger partial charge is 0.481 e. The molecule has 5 nitrogen and oxygen atoms in total. The van der Waals surface area contributed by atoms with Gasteiger partial charge in [-0.25, -0.2) is 13.1 Å². The number of aryl methyl sites for hydroxylation is 1. The molecule has 1 fully saturated rings. The summed E-state index contributed by atoms with van der Waals surface area (Å²) in [4.78, 5) is 11.4. The van der Waals surface area contributed by atoms with Gasteiger partial charge in [0.2, 0.25) is 10.0 Å². The molecule has 20 heavy (non-hydrogen) atoms. The molecular weight excluding hydrogens is 278 g/mol. The van der Waals surface area contributed by atoms with Crippen molar-refractivity contribution in [2.24, 2.45) is 5.92 Å². The van der Waals surface area contributed by atoms with Crippen LogP contribution in [0.2, 0.25) is 0 Å². The summed E-state index contributed by atoms with van der Waals surface area (Å²) in [5, 5.41) is 9.18. The molecule has 0 aromatic heterocycles. The van der Waals surface area contributed by atoms with Crippen molar-refractivity contribution in [3.05, 3.63) is 29.8 Å². The van der Waals surface area contributed by atoms with Crippen molar-refractivity contribution in [1.29, 1.82) is 0 Å². The molecule has 2 atom stereocenters. The molecule has 2 rings (SSSR count). The quantitative estimate of drug-likeness (QED) is 0.889. The van der Waals surface area contributed by atoms with Crippen molar-refractivity contribution >= 4 is 16.0 Å². The molecule has 1 saturated carbocycles. The molecule has 2 N–H and O–H groups in total. The van der Waals surface area contributed by atoms with E-state index < -0.39 is 28.0 Å². The molecule has 6 heteroatoms. The maximum absolute atomic E-state index is 12.3. The summed E-state index contributed by atoms with van der Waals surface area (Å²) in [5.41, 5.74) is 0.977. The van der Waals surface area contributed by atoms with Gasteiger partial charge in [-0.1, -0.05) is 30.5 Å². The molecule has 0 spiro atoms. The molecular formula is C14H19NO4S. The van der Waals surface area contributed by atoms with Gasteiger partial charge >= 0.3 is 5.97 Å². The number of carboxylic acid groups (broad SMARTS) is 1. The summed E-state index contributed by atoms with van der Waals surface area (Å²) in [6.45, 7) is 1.88. The van der Waals surface area contributed by atoms with Crippen molar-refractivity contribution in [3.8, 4) is 0 Å². The first-order valence-corrected chi connectivity index (χ1v) is 8.20. The molecule has 0 saturated heterocycles. The second-order valence-corrected chi connectivity index (χ2v) is 6.98. The van der Waals surface area contributed by atoms with E-state index >= 15 is 0 Å². The number of benzene rings is 1. The van der Waals surface area contributed by atoms with E-state index in [1.54, 1.807) is 12.1 Å². The third kappa shape index (κ3) is 3.37. The van der Waals surface area contributed by atoms with Gasteiger partial charge in [0.05, 0.1) is 10.8 Å². The van der Waals surface area contributed by atoms with E-state index in [1.807, 2.05) is 6.92 Å². The molecule has 0 radical (unpaired) electrons. The van der Waals surface area contributed by atoms with Gasteiger partial charge in [-0.15, -0.1) is 0 Å². The number of carbonyl (C=O) groups is 1. The summed E-state index contributed by atoms with van der Waals surface area (Å²) in [5.74, 6) is -1.56. The number of nitrogens with one attached hydrogen (secondary N) is 1. The van der Waals surface area contributed by atoms with Crippen LogP contribution in [0.4, 0.5) is 0 Å². The Balaban J connectivity index is 2.18. The number of hydrogen-bond donors (Lipinski definition) is 2. The number of aliphatic carboxylic acids is 1. The molecule has 0 unspecified atom stereocenters. The smallest absolute Gasteiger partial charge is 0.308 e. The molecule has 1 aromatic rings. The van der Waals surface area contributed by atoms with E-state index in [2.05, 4.69) is 4.72 Å². The fourth-order valence-corrected chi connectivity index (χ4v) is 3.86. The van der Waals surface area contributed by atoms with Gasteiger partial charge in [0, 0.05) is 6.04 Å². The predicted molar refractivity (Wildman–Crippen MR) is 74.9 cm³/mol. The molecule has 1 aromatic carbocycles. The van der Waals surface area contributed by atoms with E-state index in [0.717, 1.165) is 18.4 Å². The average molecular weight is 297 g/mol. The summed E-state index contributed by atoms with van der Waals surface area (Å²) in [6, 6.07) is 6.01. The summed E-state index contributed by atoms with van der Waals surface area (Å²) < 4.78 is 27.1. The lowest BCUT2D eigenvalue weighted by Crippen LogP contribution is -2.44. The van der Waals surface area contributed by atoms with Crippen molar-refractivity contribution < 1.29 is 18.3 Å². The molecule has 0 heterocycles. The van der Waals surface area contributed by atoms with Crippen molar-refractivity contribution in [2.75, 3.05) is 0 Å². The molecule has 1 aliphatic carbocycles. The van der Waals surface area contributed by atoms with Crippen LogP contribution in [0.1, 0.15) is 31.2 Å². The normalized spacial score (nSPS) is 23.4. The molecule has 0 aliphatic heterocycles. The van der Waals surface area contributed by atoms with Crippen molar-refractivity contribution in [1.82, 2.24) is 4.72 Å². The Morgan fingerprint density at radius 1 is 1.20 bits per heavy atom. The average Bonchev–Trinajstić information content (AvgIpc) is 2.39. The Morgan fingerprint density at radius 3 is 2.40 bits per heavy atom. The van der Waals surface area contributed by atoms with Gasteiger partial charge in [0.1, 0.15) is 0 Å². The van der Waals surface area contributed by atoms with E-state index in [4.69, 9.17) is 0 Å². The van der Waals surface area contributed by atoms with Gasteiger partial charge in [-0.3, -0.25) is 4.79 Å². The minimum atomic E-state index is -3.66. The lowest BCUT2D eigenvalue weighted by Gasteiger charge is -2.28. The van der Waals surface area contributed by atoms with E-state index in [1.165, 1.54) is 12.1 Å². The van der Waals surface area contributed by atoms with Crippen LogP contribution < -0.4 is 4.72 Å². The fourth-order valence-electron chi connectivity index (χ4n) is 2.55. The Morgan fingerprint density at radius 2 is 1.80 bits per heavy atom. The minimum Gasteiger partial charge on any atom is -0.481 e. The van der Waals surface area contributed by atoms with E-state index in [0.29, 0.717) is 12.8 Å². The molecule has 0 bridgehead atoms. The predicted octanol–water partition coefficient (Wildman–Crippen LogP) is 1.92. The first-order chi connectivity index (χ1) is 9.40. The minimum absolute atomic E-state index is 0.179. The number of hydrogen-bond acceptors (Lipinski definition) is 3. The first-order valence-electron chi connectivity index (χ1n) is 6.72. The van der Waals surface area contributed by atoms with Crippen LogP contribution in [0.5, 0.6) is 0 Å². The Hall–Kier alpha value is -1.40. The van der Waals surface area contributed by atoms with Crippen LogP contribution in [0.25, 0.3) is 0 Å². The molecule has 0 amide bonds. The van der Waals surface area contributed by atoms with Gasteiger partial charge in [-0.2, -0.15) is 0 Å². The standard InChI is InChI=1S/C14H19NO4S/c1-10-6-8-11(9-7-10)20(18,19)15-13-5-3-2-4-12(13)14(16)17/h6-9,12-13,15H,2-5H2,1H3,(H,16,17)/t12-,13-/m1/s1. The summed E-state index contributed by atoms with van der Waals surface area (Å²) >= 11 is 0. The topological polar surface area (TPSA) is 83.5 Å². The van der Waals surface area contributed by atoms with Gasteiger partial charge < -0.3 is 5.11 Å². The van der Waals surface area contributed by atoms with Gasteiger partial charge in [0.25, 0.3) is 0 Å². The third-order valence-electron chi connectivity index (χ3n) is 3.72. The van der Waals surface area contributed by atoms with E-state index in [-0.39, 0.29) is 4.90 Å². The monoisotopic (exact) mass is 297 g/mol. The van der Waals surface area contributed by atoms with Crippen molar-refractivity contribution in [3.63, 3.8) is 0 Å². The zero-order valence-electron chi connectivity index (χ0n) is 11.4. The highest BCUT2D eigenvalue weighted by atomic mass is 32.2.